The lowest BCUT2D eigenvalue weighted by molar-refractivity contribution is -0.385. The van der Waals surface area contributed by atoms with Gasteiger partial charge in [0.15, 0.2) is 11.5 Å². The molecule has 9 heteroatoms. The highest BCUT2D eigenvalue weighted by Crippen LogP contribution is 2.35. The third-order valence-electron chi connectivity index (χ3n) is 2.35. The maximum absolute atomic E-state index is 12.0. The molecule has 0 saturated carbocycles. The van der Waals surface area contributed by atoms with Gasteiger partial charge in [0.2, 0.25) is 0 Å². The standard InChI is InChI=1S/C11H11ClF3NO4/c1-19-9-4-7(6-12)8(16(17)18)5-10(9)20-3-2-11(13,14)15/h4-5H,2-3,6H2,1H3. The molecule has 0 atom stereocenters. The van der Waals surface area contributed by atoms with E-state index in [4.69, 9.17) is 21.1 Å². The molecule has 0 bridgehead atoms. The summed E-state index contributed by atoms with van der Waals surface area (Å²) in [6.45, 7) is -0.656. The molecule has 1 rings (SSSR count). The minimum absolute atomic E-state index is 0.0911. The van der Waals surface area contributed by atoms with Crippen molar-refractivity contribution >= 4 is 17.3 Å². The number of nitrogens with zero attached hydrogens (tertiary/aromatic N) is 1. The smallest absolute Gasteiger partial charge is 0.392 e. The van der Waals surface area contributed by atoms with Crippen molar-refractivity contribution in [3.05, 3.63) is 27.8 Å². The second-order valence-electron chi connectivity index (χ2n) is 3.74. The van der Waals surface area contributed by atoms with Gasteiger partial charge in [-0.2, -0.15) is 13.2 Å². The van der Waals surface area contributed by atoms with Crippen LogP contribution in [0.15, 0.2) is 12.1 Å². The van der Waals surface area contributed by atoms with Crippen molar-refractivity contribution in [3.8, 4) is 11.5 Å². The third-order valence-corrected chi connectivity index (χ3v) is 2.64. The number of halogens is 4. The molecule has 1 aromatic carbocycles. The zero-order valence-corrected chi connectivity index (χ0v) is 11.1. The maximum atomic E-state index is 12.0. The largest absolute Gasteiger partial charge is 0.493 e. The van der Waals surface area contributed by atoms with Crippen molar-refractivity contribution in [1.82, 2.24) is 0 Å². The van der Waals surface area contributed by atoms with Crippen molar-refractivity contribution in [3.63, 3.8) is 0 Å². The van der Waals surface area contributed by atoms with Gasteiger partial charge in [-0.1, -0.05) is 0 Å². The maximum Gasteiger partial charge on any atom is 0.392 e. The van der Waals surface area contributed by atoms with Crippen LogP contribution in [0.1, 0.15) is 12.0 Å². The number of nitro benzene ring substituents is 1. The SMILES string of the molecule is COc1cc(CCl)c([N+](=O)[O-])cc1OCCC(F)(F)F. The summed E-state index contributed by atoms with van der Waals surface area (Å²) in [4.78, 5) is 10.1. The van der Waals surface area contributed by atoms with Crippen LogP contribution in [-0.4, -0.2) is 24.8 Å². The van der Waals surface area contributed by atoms with E-state index < -0.39 is 24.1 Å². The van der Waals surface area contributed by atoms with Crippen LogP contribution in [0.5, 0.6) is 11.5 Å². The Hall–Kier alpha value is -1.70. The van der Waals surface area contributed by atoms with Crippen LogP contribution in [0.2, 0.25) is 0 Å². The van der Waals surface area contributed by atoms with Gasteiger partial charge < -0.3 is 9.47 Å². The van der Waals surface area contributed by atoms with Crippen LogP contribution in [0, 0.1) is 10.1 Å². The van der Waals surface area contributed by atoms with Crippen LogP contribution < -0.4 is 9.47 Å². The molecule has 112 valence electrons. The quantitative estimate of drug-likeness (QED) is 0.456. The Labute approximate surface area is 117 Å². The fourth-order valence-corrected chi connectivity index (χ4v) is 1.63. The van der Waals surface area contributed by atoms with Gasteiger partial charge in [0, 0.05) is 5.56 Å². The molecule has 1 aromatic rings. The van der Waals surface area contributed by atoms with E-state index in [1.54, 1.807) is 0 Å². The van der Waals surface area contributed by atoms with Gasteiger partial charge in [0.1, 0.15) is 0 Å². The zero-order valence-electron chi connectivity index (χ0n) is 10.4. The number of alkyl halides is 4. The zero-order chi connectivity index (χ0) is 15.3. The van der Waals surface area contributed by atoms with Gasteiger partial charge in [0.25, 0.3) is 5.69 Å². The highest BCUT2D eigenvalue weighted by atomic mass is 35.5. The van der Waals surface area contributed by atoms with Crippen LogP contribution in [0.25, 0.3) is 0 Å². The van der Waals surface area contributed by atoms with Gasteiger partial charge in [-0.25, -0.2) is 0 Å². The Morgan fingerprint density at radius 1 is 1.35 bits per heavy atom. The molecule has 0 fully saturated rings. The summed E-state index contributed by atoms with van der Waals surface area (Å²) in [5, 5.41) is 10.8. The van der Waals surface area contributed by atoms with E-state index >= 15 is 0 Å². The summed E-state index contributed by atoms with van der Waals surface area (Å²) in [7, 11) is 1.27. The molecule has 0 aliphatic heterocycles. The third kappa shape index (κ3) is 4.44. The second kappa shape index (κ2) is 6.65. The predicted molar refractivity (Wildman–Crippen MR) is 65.4 cm³/mol. The first kappa shape index (κ1) is 16.4. The molecule has 5 nitrogen and oxygen atoms in total. The van der Waals surface area contributed by atoms with Crippen LogP contribution in [0.3, 0.4) is 0 Å². The first-order chi connectivity index (χ1) is 9.28. The number of methoxy groups -OCH3 is 1. The Morgan fingerprint density at radius 2 is 2.00 bits per heavy atom. The molecule has 0 saturated heterocycles. The second-order valence-corrected chi connectivity index (χ2v) is 4.00. The molecule has 0 aromatic heterocycles. The highest BCUT2D eigenvalue weighted by molar-refractivity contribution is 6.17. The lowest BCUT2D eigenvalue weighted by Crippen LogP contribution is -2.13. The minimum Gasteiger partial charge on any atom is -0.493 e. The molecule has 0 amide bonds. The average molecular weight is 314 g/mol. The van der Waals surface area contributed by atoms with E-state index in [0.29, 0.717) is 0 Å². The molecule has 0 heterocycles. The number of benzene rings is 1. The van der Waals surface area contributed by atoms with Gasteiger partial charge >= 0.3 is 6.18 Å². The normalized spacial score (nSPS) is 11.2. The number of hydrogen-bond acceptors (Lipinski definition) is 4. The first-order valence-electron chi connectivity index (χ1n) is 5.39. The van der Waals surface area contributed by atoms with Gasteiger partial charge in [-0.3, -0.25) is 10.1 Å². The van der Waals surface area contributed by atoms with E-state index in [9.17, 15) is 23.3 Å². The lowest BCUT2D eigenvalue weighted by Gasteiger charge is -2.13. The monoisotopic (exact) mass is 313 g/mol. The Kier molecular flexibility index (Phi) is 5.43. The molecule has 20 heavy (non-hydrogen) atoms. The van der Waals surface area contributed by atoms with Crippen molar-refractivity contribution < 1.29 is 27.6 Å². The topological polar surface area (TPSA) is 61.6 Å². The molecular formula is C11H11ClF3NO4. The van der Waals surface area contributed by atoms with E-state index in [0.717, 1.165) is 6.07 Å². The van der Waals surface area contributed by atoms with Crippen molar-refractivity contribution in [2.75, 3.05) is 13.7 Å². The molecule has 0 radical (unpaired) electrons. The summed E-state index contributed by atoms with van der Waals surface area (Å²) in [5.41, 5.74) is -0.139. The van der Waals surface area contributed by atoms with Gasteiger partial charge in [-0.05, 0) is 6.07 Å². The molecule has 0 aliphatic carbocycles. The summed E-state index contributed by atoms with van der Waals surface area (Å²) in [6, 6.07) is 2.28. The lowest BCUT2D eigenvalue weighted by atomic mass is 10.2. The fourth-order valence-electron chi connectivity index (χ4n) is 1.42. The average Bonchev–Trinajstić information content (AvgIpc) is 2.36. The molecular weight excluding hydrogens is 303 g/mol. The van der Waals surface area contributed by atoms with Crippen molar-refractivity contribution in [2.45, 2.75) is 18.5 Å². The first-order valence-corrected chi connectivity index (χ1v) is 5.92. The fraction of sp³-hybridized carbons (Fsp3) is 0.455. The van der Waals surface area contributed by atoms with Crippen molar-refractivity contribution in [1.29, 1.82) is 0 Å². The molecule has 0 aliphatic rings. The Bertz CT molecular complexity index is 493. The summed E-state index contributed by atoms with van der Waals surface area (Å²) >= 11 is 5.57. The molecule has 0 unspecified atom stereocenters. The highest BCUT2D eigenvalue weighted by Gasteiger charge is 2.27. The Morgan fingerprint density at radius 3 is 2.45 bits per heavy atom. The number of hydrogen-bond donors (Lipinski definition) is 0. The van der Waals surface area contributed by atoms with E-state index in [1.165, 1.54) is 13.2 Å². The van der Waals surface area contributed by atoms with Crippen molar-refractivity contribution in [2.24, 2.45) is 0 Å². The Balaban J connectivity index is 2.99. The number of rotatable bonds is 6. The van der Waals surface area contributed by atoms with E-state index in [1.807, 2.05) is 0 Å². The van der Waals surface area contributed by atoms with E-state index in [2.05, 4.69) is 0 Å². The van der Waals surface area contributed by atoms with Gasteiger partial charge in [-0.15, -0.1) is 11.6 Å². The summed E-state index contributed by atoms with van der Waals surface area (Å²) in [6.07, 6.45) is -5.53. The van der Waals surface area contributed by atoms with Gasteiger partial charge in [0.05, 0.1) is 37.0 Å². The minimum atomic E-state index is -4.37. The van der Waals surface area contributed by atoms with Crippen LogP contribution in [-0.2, 0) is 5.88 Å². The number of ether oxygens (including phenoxy) is 2. The van der Waals surface area contributed by atoms with Crippen LogP contribution >= 0.6 is 11.6 Å². The van der Waals surface area contributed by atoms with E-state index in [-0.39, 0.29) is 28.6 Å². The van der Waals surface area contributed by atoms with Crippen LogP contribution in [0.4, 0.5) is 18.9 Å². The summed E-state index contributed by atoms with van der Waals surface area (Å²) < 4.78 is 45.9. The summed E-state index contributed by atoms with van der Waals surface area (Å²) in [5.74, 6) is -0.166. The molecule has 0 N–H and O–H groups in total. The number of nitro groups is 1. The molecule has 0 spiro atoms. The predicted octanol–water partition coefficient (Wildman–Crippen LogP) is 3.67.